The molecule has 0 spiro atoms. The summed E-state index contributed by atoms with van der Waals surface area (Å²) in [6.45, 7) is -0.818. The lowest BCUT2D eigenvalue weighted by atomic mass is 9.90. The third kappa shape index (κ3) is 4.12. The van der Waals surface area contributed by atoms with Crippen LogP contribution in [0.4, 0.5) is 11.5 Å². The zero-order valence-electron chi connectivity index (χ0n) is 20.2. The van der Waals surface area contributed by atoms with Crippen LogP contribution in [0.5, 0.6) is 0 Å². The van der Waals surface area contributed by atoms with E-state index in [4.69, 9.17) is 20.3 Å². The van der Waals surface area contributed by atoms with Gasteiger partial charge in [-0.2, -0.15) is 0 Å². The molecule has 6 N–H and O–H groups in total. The number of aliphatic hydroxyl groups excluding tert-OH is 2. The zero-order valence-corrected chi connectivity index (χ0v) is 21.1. The number of hydrogen-bond acceptors (Lipinski definition) is 11. The van der Waals surface area contributed by atoms with Gasteiger partial charge in [0.1, 0.15) is 36.5 Å². The number of nitrogens with zero attached hydrogens (tertiary/aromatic N) is 5. The molecule has 1 fully saturated rings. The number of phosphoric acid groups is 1. The molecule has 15 heteroatoms. The van der Waals surface area contributed by atoms with E-state index in [0.29, 0.717) is 5.39 Å². The van der Waals surface area contributed by atoms with Gasteiger partial charge in [-0.05, 0) is 11.5 Å². The Morgan fingerprint density at radius 1 is 1.16 bits per heavy atom. The standard InChI is InChI=1S/C23H25N6O8P/c1-28(2)15-8-4-5-12-13(15)6-3-7-14(12)19(31)23(29-11-27-17-21(24)25-10-26-22(17)29)20(32)18(30)16(37-23)9-36-38(33,34)35/h3-8,10-11,16,18,20,30,32H,9H2,1-2H3,(H2,24,25,26)(H2,33,34,35)/t16-,18-,20-,23-/m1/s1. The number of aromatic nitrogens is 4. The monoisotopic (exact) mass is 544 g/mol. The lowest BCUT2D eigenvalue weighted by Crippen LogP contribution is -2.51. The first kappa shape index (κ1) is 26.1. The highest BCUT2D eigenvalue weighted by Crippen LogP contribution is 2.44. The van der Waals surface area contributed by atoms with Crippen molar-refractivity contribution in [2.75, 3.05) is 31.3 Å². The molecule has 14 nitrogen and oxygen atoms in total. The lowest BCUT2D eigenvalue weighted by Gasteiger charge is -2.32. The van der Waals surface area contributed by atoms with Gasteiger partial charge in [0.25, 0.3) is 0 Å². The first-order valence-electron chi connectivity index (χ1n) is 11.4. The third-order valence-corrected chi connectivity index (χ3v) is 7.00. The molecule has 0 radical (unpaired) electrons. The van der Waals surface area contributed by atoms with E-state index in [2.05, 4.69) is 19.5 Å². The fourth-order valence-electron chi connectivity index (χ4n) is 4.77. The molecule has 4 aromatic rings. The van der Waals surface area contributed by atoms with Crippen molar-refractivity contribution in [3.63, 3.8) is 0 Å². The number of rotatable bonds is 7. The molecule has 0 aliphatic carbocycles. The molecule has 0 amide bonds. The molecule has 1 aliphatic heterocycles. The van der Waals surface area contributed by atoms with E-state index in [1.165, 1.54) is 6.33 Å². The highest BCUT2D eigenvalue weighted by atomic mass is 31.2. The number of phosphoric ester groups is 1. The topological polar surface area (TPSA) is 206 Å². The van der Waals surface area contributed by atoms with Gasteiger partial charge in [-0.3, -0.25) is 13.9 Å². The number of anilines is 2. The predicted octanol–water partition coefficient (Wildman–Crippen LogP) is 0.393. The van der Waals surface area contributed by atoms with Crippen LogP contribution >= 0.6 is 7.82 Å². The van der Waals surface area contributed by atoms with Crippen LogP contribution in [0.1, 0.15) is 10.4 Å². The normalized spacial score (nSPS) is 23.8. The molecular weight excluding hydrogens is 519 g/mol. The number of ether oxygens (including phenoxy) is 1. The Hall–Kier alpha value is -3.49. The molecule has 0 saturated carbocycles. The van der Waals surface area contributed by atoms with Crippen molar-refractivity contribution < 1.29 is 38.6 Å². The number of imidazole rings is 1. The van der Waals surface area contributed by atoms with Crippen molar-refractivity contribution in [1.82, 2.24) is 19.5 Å². The number of nitrogens with two attached hydrogens (primary N) is 1. The fourth-order valence-corrected chi connectivity index (χ4v) is 5.12. The van der Waals surface area contributed by atoms with E-state index >= 15 is 0 Å². The largest absolute Gasteiger partial charge is 0.469 e. The molecule has 0 bridgehead atoms. The molecule has 1 saturated heterocycles. The van der Waals surface area contributed by atoms with Gasteiger partial charge in [0.05, 0.1) is 6.61 Å². The molecule has 200 valence electrons. The van der Waals surface area contributed by atoms with E-state index in [0.717, 1.165) is 22.0 Å². The molecule has 3 heterocycles. The van der Waals surface area contributed by atoms with Crippen molar-refractivity contribution in [3.05, 3.63) is 54.6 Å². The summed E-state index contributed by atoms with van der Waals surface area (Å²) in [6, 6.07) is 10.5. The van der Waals surface area contributed by atoms with E-state index < -0.39 is 44.2 Å². The summed E-state index contributed by atoms with van der Waals surface area (Å²) in [5.41, 5.74) is 4.70. The van der Waals surface area contributed by atoms with Crippen molar-refractivity contribution in [2.45, 2.75) is 24.0 Å². The fraction of sp³-hybridized carbons (Fsp3) is 0.304. The van der Waals surface area contributed by atoms with Crippen LogP contribution in [0.15, 0.2) is 49.1 Å². The molecule has 4 atom stereocenters. The van der Waals surface area contributed by atoms with Crippen LogP contribution in [0.25, 0.3) is 21.9 Å². The van der Waals surface area contributed by atoms with Gasteiger partial charge in [-0.1, -0.05) is 30.3 Å². The first-order chi connectivity index (χ1) is 18.0. The SMILES string of the molecule is CN(C)c1cccc2c(C(=O)[C@@]3(n4cnc5c(N)ncnc54)O[C@H](COP(=O)(O)O)[C@@H](O)[C@H]3O)cccc12. The molecule has 38 heavy (non-hydrogen) atoms. The van der Waals surface area contributed by atoms with Gasteiger partial charge in [-0.25, -0.2) is 19.5 Å². The summed E-state index contributed by atoms with van der Waals surface area (Å²) in [4.78, 5) is 46.9. The third-order valence-electron chi connectivity index (χ3n) is 6.51. The van der Waals surface area contributed by atoms with E-state index in [-0.39, 0.29) is 22.5 Å². The van der Waals surface area contributed by atoms with Crippen molar-refractivity contribution in [1.29, 1.82) is 0 Å². The van der Waals surface area contributed by atoms with Crippen LogP contribution in [-0.2, 0) is 19.6 Å². The Bertz CT molecular complexity index is 1590. The molecule has 0 unspecified atom stereocenters. The molecule has 1 aliphatic rings. The lowest BCUT2D eigenvalue weighted by molar-refractivity contribution is -0.112. The predicted molar refractivity (Wildman–Crippen MR) is 135 cm³/mol. The quantitative estimate of drug-likeness (QED) is 0.158. The summed E-state index contributed by atoms with van der Waals surface area (Å²) in [6.07, 6.45) is -2.91. The second-order valence-corrected chi connectivity index (χ2v) is 10.3. The number of aliphatic hydroxyl groups is 2. The molecule has 2 aromatic heterocycles. The maximum Gasteiger partial charge on any atom is 0.469 e. The summed E-state index contributed by atoms with van der Waals surface area (Å²) in [5, 5.41) is 23.6. The highest BCUT2D eigenvalue weighted by Gasteiger charge is 2.61. The second kappa shape index (κ2) is 9.36. The van der Waals surface area contributed by atoms with Crippen LogP contribution in [-0.4, -0.2) is 84.3 Å². The number of fused-ring (bicyclic) bond motifs is 2. The summed E-state index contributed by atoms with van der Waals surface area (Å²) < 4.78 is 23.0. The maximum atomic E-state index is 14.5. The minimum absolute atomic E-state index is 0.00607. The molecule has 2 aromatic carbocycles. The number of ketones is 1. The molecular formula is C23H25N6O8P. The van der Waals surface area contributed by atoms with Crippen LogP contribution in [0.3, 0.4) is 0 Å². The van der Waals surface area contributed by atoms with Crippen LogP contribution in [0.2, 0.25) is 0 Å². The maximum absolute atomic E-state index is 14.5. The summed E-state index contributed by atoms with van der Waals surface area (Å²) in [5.74, 6) is -0.757. The average molecular weight is 544 g/mol. The second-order valence-electron chi connectivity index (χ2n) is 9.02. The van der Waals surface area contributed by atoms with Crippen molar-refractivity contribution in [2.24, 2.45) is 0 Å². The number of hydrogen-bond donors (Lipinski definition) is 5. The Morgan fingerprint density at radius 2 is 1.87 bits per heavy atom. The summed E-state index contributed by atoms with van der Waals surface area (Å²) >= 11 is 0. The Labute approximate surface area is 215 Å². The van der Waals surface area contributed by atoms with Gasteiger partial charge < -0.3 is 35.4 Å². The smallest absolute Gasteiger partial charge is 0.387 e. The van der Waals surface area contributed by atoms with Gasteiger partial charge >= 0.3 is 7.82 Å². The number of Topliss-reactive ketones (excluding diaryl/α,β-unsaturated/α-hetero) is 1. The number of benzene rings is 2. The van der Waals surface area contributed by atoms with Crippen LogP contribution in [0, 0.1) is 0 Å². The molecule has 5 rings (SSSR count). The minimum Gasteiger partial charge on any atom is -0.387 e. The van der Waals surface area contributed by atoms with E-state index in [9.17, 15) is 19.6 Å². The Balaban J connectivity index is 1.73. The zero-order chi connectivity index (χ0) is 27.4. The van der Waals surface area contributed by atoms with E-state index in [1.54, 1.807) is 24.3 Å². The van der Waals surface area contributed by atoms with Gasteiger partial charge in [-0.15, -0.1) is 0 Å². The Kier molecular flexibility index (Phi) is 6.44. The van der Waals surface area contributed by atoms with E-state index in [1.807, 2.05) is 31.1 Å². The average Bonchev–Trinajstić information content (AvgIpc) is 3.42. The minimum atomic E-state index is -4.96. The van der Waals surface area contributed by atoms with Gasteiger partial charge in [0.15, 0.2) is 11.5 Å². The number of carbonyl (C=O) groups is 1. The van der Waals surface area contributed by atoms with Crippen LogP contribution < -0.4 is 10.6 Å². The highest BCUT2D eigenvalue weighted by molar-refractivity contribution is 7.46. The van der Waals surface area contributed by atoms with Gasteiger partial charge in [0.2, 0.25) is 11.5 Å². The Morgan fingerprint density at radius 3 is 2.58 bits per heavy atom. The first-order valence-corrected chi connectivity index (χ1v) is 12.9. The van der Waals surface area contributed by atoms with Gasteiger partial charge in [0, 0.05) is 30.7 Å². The summed E-state index contributed by atoms with van der Waals surface area (Å²) in [7, 11) is -1.24. The van der Waals surface area contributed by atoms with Crippen molar-refractivity contribution in [3.8, 4) is 0 Å². The number of carbonyl (C=O) groups excluding carboxylic acids is 1. The van der Waals surface area contributed by atoms with Crippen molar-refractivity contribution >= 4 is 47.0 Å². The number of nitrogen functional groups attached to an aromatic ring is 1.